The summed E-state index contributed by atoms with van der Waals surface area (Å²) >= 11 is 0. The number of hydrogen-bond donors (Lipinski definition) is 0. The Bertz CT molecular complexity index is 171. The molecule has 0 spiro atoms. The zero-order valence-corrected chi connectivity index (χ0v) is 7.85. The molecule has 0 aromatic carbocycles. The fourth-order valence-electron chi connectivity index (χ4n) is 2.71. The number of rotatable bonds is 3. The van der Waals surface area contributed by atoms with Crippen molar-refractivity contribution >= 4 is 0 Å². The maximum Gasteiger partial charge on any atom is 0.102 e. The predicted molar refractivity (Wildman–Crippen MR) is 47.9 cm³/mol. The lowest BCUT2D eigenvalue weighted by molar-refractivity contribution is 0.164. The van der Waals surface area contributed by atoms with Gasteiger partial charge in [0.2, 0.25) is 0 Å². The van der Waals surface area contributed by atoms with Crippen molar-refractivity contribution in [2.75, 3.05) is 26.3 Å². The van der Waals surface area contributed by atoms with Crippen molar-refractivity contribution in [2.45, 2.75) is 26.2 Å². The number of alkyl halides is 1. The van der Waals surface area contributed by atoms with E-state index in [4.69, 9.17) is 0 Å². The molecule has 1 aliphatic heterocycles. The summed E-state index contributed by atoms with van der Waals surface area (Å²) in [6, 6.07) is 0. The monoisotopic (exact) mass is 171 g/mol. The van der Waals surface area contributed by atoms with Gasteiger partial charge in [-0.3, -0.25) is 0 Å². The first-order valence-electron chi connectivity index (χ1n) is 5.09. The van der Waals surface area contributed by atoms with Crippen LogP contribution in [0.25, 0.3) is 0 Å². The van der Waals surface area contributed by atoms with Crippen molar-refractivity contribution in [2.24, 2.45) is 11.3 Å². The molecular weight excluding hydrogens is 153 g/mol. The Morgan fingerprint density at radius 3 is 3.00 bits per heavy atom. The van der Waals surface area contributed by atoms with Gasteiger partial charge in [0.15, 0.2) is 0 Å². The lowest BCUT2D eigenvalue weighted by Gasteiger charge is -2.30. The van der Waals surface area contributed by atoms with E-state index in [0.29, 0.717) is 12.0 Å². The van der Waals surface area contributed by atoms with Crippen LogP contribution < -0.4 is 0 Å². The van der Waals surface area contributed by atoms with Crippen LogP contribution in [0.5, 0.6) is 0 Å². The lowest BCUT2D eigenvalue weighted by atomic mass is 9.92. The molecule has 0 aromatic heterocycles. The molecule has 0 radical (unpaired) electrons. The first-order valence-corrected chi connectivity index (χ1v) is 5.09. The third-order valence-corrected chi connectivity index (χ3v) is 3.87. The molecule has 2 heteroatoms. The number of nitrogens with zero attached hydrogens (tertiary/aromatic N) is 1. The van der Waals surface area contributed by atoms with Gasteiger partial charge < -0.3 is 4.90 Å². The summed E-state index contributed by atoms with van der Waals surface area (Å²) in [5.74, 6) is 0.905. The molecule has 1 saturated carbocycles. The Hall–Kier alpha value is -0.110. The minimum Gasteiger partial charge on any atom is -0.300 e. The third-order valence-electron chi connectivity index (χ3n) is 3.87. The molecule has 1 nitrogen and oxygen atoms in total. The largest absolute Gasteiger partial charge is 0.300 e. The molecule has 2 aliphatic rings. The molecule has 1 aliphatic carbocycles. The van der Waals surface area contributed by atoms with Crippen LogP contribution in [0.1, 0.15) is 26.2 Å². The summed E-state index contributed by atoms with van der Waals surface area (Å²) in [7, 11) is 0. The molecule has 2 fully saturated rings. The summed E-state index contributed by atoms with van der Waals surface area (Å²) < 4.78 is 12.1. The van der Waals surface area contributed by atoms with Crippen LogP contribution in [0.3, 0.4) is 0 Å². The van der Waals surface area contributed by atoms with Gasteiger partial charge >= 0.3 is 0 Å². The molecule has 1 saturated heterocycles. The topological polar surface area (TPSA) is 3.24 Å². The second kappa shape index (κ2) is 2.99. The van der Waals surface area contributed by atoms with Crippen LogP contribution in [0.15, 0.2) is 0 Å². The second-order valence-electron chi connectivity index (χ2n) is 4.36. The highest BCUT2D eigenvalue weighted by atomic mass is 19.1. The summed E-state index contributed by atoms with van der Waals surface area (Å²) in [5.41, 5.74) is 0.701. The van der Waals surface area contributed by atoms with Gasteiger partial charge in [0.05, 0.1) is 0 Å². The van der Waals surface area contributed by atoms with E-state index in [-0.39, 0.29) is 6.67 Å². The molecule has 2 rings (SSSR count). The van der Waals surface area contributed by atoms with Gasteiger partial charge in [0.25, 0.3) is 0 Å². The molecule has 1 heterocycles. The molecule has 12 heavy (non-hydrogen) atoms. The van der Waals surface area contributed by atoms with Crippen molar-refractivity contribution in [1.82, 2.24) is 4.90 Å². The Balaban J connectivity index is 1.84. The first-order chi connectivity index (χ1) is 5.80. The molecule has 70 valence electrons. The van der Waals surface area contributed by atoms with Crippen molar-refractivity contribution in [3.63, 3.8) is 0 Å². The molecule has 2 unspecified atom stereocenters. The minimum absolute atomic E-state index is 0.175. The Morgan fingerprint density at radius 1 is 1.58 bits per heavy atom. The predicted octanol–water partition coefficient (Wildman–Crippen LogP) is 2.08. The van der Waals surface area contributed by atoms with E-state index in [1.165, 1.54) is 19.3 Å². The fourth-order valence-corrected chi connectivity index (χ4v) is 2.71. The van der Waals surface area contributed by atoms with E-state index in [1.807, 2.05) is 0 Å². The van der Waals surface area contributed by atoms with Gasteiger partial charge in [-0.05, 0) is 30.7 Å². The SMILES string of the molecule is CCC12CCN(CCF)CC1C2. The summed E-state index contributed by atoms with van der Waals surface area (Å²) in [6.45, 7) is 5.08. The van der Waals surface area contributed by atoms with Crippen molar-refractivity contribution in [3.8, 4) is 0 Å². The number of piperidine rings is 1. The van der Waals surface area contributed by atoms with Crippen molar-refractivity contribution in [1.29, 1.82) is 0 Å². The van der Waals surface area contributed by atoms with Gasteiger partial charge in [-0.2, -0.15) is 0 Å². The molecule has 0 N–H and O–H groups in total. The van der Waals surface area contributed by atoms with Crippen LogP contribution >= 0.6 is 0 Å². The smallest absolute Gasteiger partial charge is 0.102 e. The Morgan fingerprint density at radius 2 is 2.42 bits per heavy atom. The van der Waals surface area contributed by atoms with Crippen LogP contribution in [0, 0.1) is 11.3 Å². The standard InChI is InChI=1S/C10H18FN/c1-2-10-3-5-12(6-4-11)8-9(10)7-10/h9H,2-8H2,1H3. The maximum atomic E-state index is 12.1. The third kappa shape index (κ3) is 1.26. The van der Waals surface area contributed by atoms with Gasteiger partial charge in [0.1, 0.15) is 6.67 Å². The highest BCUT2D eigenvalue weighted by Crippen LogP contribution is 2.59. The molecule has 0 amide bonds. The number of halogens is 1. The van der Waals surface area contributed by atoms with Gasteiger partial charge in [-0.15, -0.1) is 0 Å². The normalized spacial score (nSPS) is 41.0. The van der Waals surface area contributed by atoms with E-state index < -0.39 is 0 Å². The van der Waals surface area contributed by atoms with Crippen LogP contribution in [-0.2, 0) is 0 Å². The summed E-state index contributed by atoms with van der Waals surface area (Å²) in [6.07, 6.45) is 4.06. The Labute approximate surface area is 73.9 Å². The molecule has 2 atom stereocenters. The van der Waals surface area contributed by atoms with Crippen LogP contribution in [-0.4, -0.2) is 31.2 Å². The minimum atomic E-state index is -0.175. The van der Waals surface area contributed by atoms with Gasteiger partial charge in [-0.25, -0.2) is 4.39 Å². The van der Waals surface area contributed by atoms with Crippen molar-refractivity contribution < 1.29 is 4.39 Å². The zero-order valence-electron chi connectivity index (χ0n) is 7.85. The summed E-state index contributed by atoms with van der Waals surface area (Å²) in [4.78, 5) is 2.28. The number of likely N-dealkylation sites (tertiary alicyclic amines) is 1. The van der Waals surface area contributed by atoms with E-state index in [0.717, 1.165) is 19.0 Å². The highest BCUT2D eigenvalue weighted by Gasteiger charge is 2.54. The summed E-state index contributed by atoms with van der Waals surface area (Å²) in [5, 5.41) is 0. The first kappa shape index (κ1) is 8.49. The number of fused-ring (bicyclic) bond motifs is 1. The van der Waals surface area contributed by atoms with Crippen LogP contribution in [0.4, 0.5) is 4.39 Å². The van der Waals surface area contributed by atoms with E-state index in [9.17, 15) is 4.39 Å². The zero-order chi connectivity index (χ0) is 8.60. The molecular formula is C10H18FN. The average Bonchev–Trinajstić information content (AvgIpc) is 2.79. The highest BCUT2D eigenvalue weighted by molar-refractivity contribution is 5.05. The maximum absolute atomic E-state index is 12.1. The van der Waals surface area contributed by atoms with E-state index >= 15 is 0 Å². The quantitative estimate of drug-likeness (QED) is 0.628. The van der Waals surface area contributed by atoms with Gasteiger partial charge in [0, 0.05) is 13.1 Å². The second-order valence-corrected chi connectivity index (χ2v) is 4.36. The fraction of sp³-hybridized carbons (Fsp3) is 1.00. The average molecular weight is 171 g/mol. The molecule has 0 aromatic rings. The van der Waals surface area contributed by atoms with Crippen LogP contribution in [0.2, 0.25) is 0 Å². The Kier molecular flexibility index (Phi) is 2.11. The van der Waals surface area contributed by atoms with Gasteiger partial charge in [-0.1, -0.05) is 13.3 Å². The number of hydrogen-bond acceptors (Lipinski definition) is 1. The molecule has 0 bridgehead atoms. The lowest BCUT2D eigenvalue weighted by Crippen LogP contribution is -2.35. The van der Waals surface area contributed by atoms with Crippen molar-refractivity contribution in [3.05, 3.63) is 0 Å². The van der Waals surface area contributed by atoms with E-state index in [2.05, 4.69) is 11.8 Å². The van der Waals surface area contributed by atoms with E-state index in [1.54, 1.807) is 0 Å².